The zero-order chi connectivity index (χ0) is 13.7. The van der Waals surface area contributed by atoms with Gasteiger partial charge in [0, 0.05) is 17.8 Å². The van der Waals surface area contributed by atoms with Crippen LogP contribution in [0.2, 0.25) is 0 Å². The van der Waals surface area contributed by atoms with Gasteiger partial charge in [-0.25, -0.2) is 4.98 Å². The number of nitrogens with zero attached hydrogens (tertiary/aromatic N) is 2. The Hall–Kier alpha value is -1.67. The van der Waals surface area contributed by atoms with Crippen LogP contribution in [0.3, 0.4) is 0 Å². The fraction of sp³-hybridized carbons (Fsp3) is 0.615. The maximum absolute atomic E-state index is 11.9. The monoisotopic (exact) mass is 248 g/mol. The third kappa shape index (κ3) is 3.41. The van der Waals surface area contributed by atoms with E-state index in [4.69, 9.17) is 5.26 Å². The van der Waals surface area contributed by atoms with Gasteiger partial charge in [0.05, 0.1) is 18.1 Å². The minimum Gasteiger partial charge on any atom is -0.310 e. The second-order valence-electron chi connectivity index (χ2n) is 4.51. The molecule has 2 atom stereocenters. The molecule has 0 aliphatic rings. The largest absolute Gasteiger partial charge is 0.310 e. The van der Waals surface area contributed by atoms with Crippen molar-refractivity contribution in [2.45, 2.75) is 52.6 Å². The zero-order valence-electron chi connectivity index (χ0n) is 11.4. The molecule has 5 heteroatoms. The molecule has 0 spiro atoms. The Kier molecular flexibility index (Phi) is 5.05. The zero-order valence-corrected chi connectivity index (χ0v) is 11.4. The molecule has 1 aromatic rings. The van der Waals surface area contributed by atoms with Crippen LogP contribution < -0.4 is 10.9 Å². The Morgan fingerprint density at radius 2 is 2.17 bits per heavy atom. The van der Waals surface area contributed by atoms with E-state index in [0.29, 0.717) is 17.8 Å². The highest BCUT2D eigenvalue weighted by Crippen LogP contribution is 2.13. The van der Waals surface area contributed by atoms with Gasteiger partial charge in [0.25, 0.3) is 5.56 Å². The van der Waals surface area contributed by atoms with Crippen molar-refractivity contribution in [1.82, 2.24) is 15.3 Å². The average molecular weight is 248 g/mol. The topological polar surface area (TPSA) is 81.6 Å². The summed E-state index contributed by atoms with van der Waals surface area (Å²) in [5, 5.41) is 12.0. The molecule has 98 valence electrons. The van der Waals surface area contributed by atoms with Gasteiger partial charge in [-0.3, -0.25) is 4.79 Å². The molecule has 0 radical (unpaired) electrons. The molecule has 0 aliphatic heterocycles. The number of hydrogen-bond donors (Lipinski definition) is 2. The number of rotatable bonds is 5. The van der Waals surface area contributed by atoms with E-state index < -0.39 is 0 Å². The number of aromatic nitrogens is 2. The number of H-pyrrole nitrogens is 1. The van der Waals surface area contributed by atoms with Crippen molar-refractivity contribution in [3.05, 3.63) is 27.4 Å². The highest BCUT2D eigenvalue weighted by Gasteiger charge is 2.17. The van der Waals surface area contributed by atoms with E-state index in [0.717, 1.165) is 12.1 Å². The normalized spacial score (nSPS) is 13.9. The first-order valence-corrected chi connectivity index (χ1v) is 6.20. The number of aryl methyl sites for hydroxylation is 2. The van der Waals surface area contributed by atoms with Gasteiger partial charge in [0.1, 0.15) is 5.82 Å². The molecule has 0 saturated carbocycles. The Balaban J connectivity index is 2.94. The van der Waals surface area contributed by atoms with Crippen LogP contribution in [0.15, 0.2) is 4.79 Å². The van der Waals surface area contributed by atoms with Crippen molar-refractivity contribution in [2.75, 3.05) is 0 Å². The van der Waals surface area contributed by atoms with Crippen LogP contribution >= 0.6 is 0 Å². The fourth-order valence-corrected chi connectivity index (χ4v) is 2.11. The summed E-state index contributed by atoms with van der Waals surface area (Å²) < 4.78 is 0. The lowest BCUT2D eigenvalue weighted by molar-refractivity contribution is 0.443. The number of nitriles is 1. The van der Waals surface area contributed by atoms with Crippen LogP contribution in [0.4, 0.5) is 0 Å². The molecule has 1 aromatic heterocycles. The third-order valence-electron chi connectivity index (χ3n) is 3.01. The lowest BCUT2D eigenvalue weighted by Crippen LogP contribution is -2.34. The first-order valence-electron chi connectivity index (χ1n) is 6.20. The van der Waals surface area contributed by atoms with E-state index in [2.05, 4.69) is 21.4 Å². The summed E-state index contributed by atoms with van der Waals surface area (Å²) in [6.45, 7) is 7.54. The third-order valence-corrected chi connectivity index (χ3v) is 3.01. The van der Waals surface area contributed by atoms with Crippen LogP contribution in [0.1, 0.15) is 49.8 Å². The van der Waals surface area contributed by atoms with Gasteiger partial charge >= 0.3 is 0 Å². The molecule has 0 bridgehead atoms. The quantitative estimate of drug-likeness (QED) is 0.831. The van der Waals surface area contributed by atoms with E-state index in [1.54, 1.807) is 6.92 Å². The highest BCUT2D eigenvalue weighted by molar-refractivity contribution is 5.20. The second kappa shape index (κ2) is 6.31. The smallest absolute Gasteiger partial charge is 0.255 e. The summed E-state index contributed by atoms with van der Waals surface area (Å²) in [6.07, 6.45) is 1.30. The Morgan fingerprint density at radius 3 is 2.67 bits per heavy atom. The van der Waals surface area contributed by atoms with E-state index in [-0.39, 0.29) is 17.6 Å². The predicted molar refractivity (Wildman–Crippen MR) is 70.2 cm³/mol. The Morgan fingerprint density at radius 1 is 1.50 bits per heavy atom. The van der Waals surface area contributed by atoms with E-state index in [9.17, 15) is 4.79 Å². The minimum atomic E-state index is -0.111. The molecule has 0 saturated heterocycles. The van der Waals surface area contributed by atoms with E-state index in [1.807, 2.05) is 20.8 Å². The van der Waals surface area contributed by atoms with E-state index in [1.165, 1.54) is 0 Å². The molecule has 1 heterocycles. The van der Waals surface area contributed by atoms with Crippen LogP contribution in [-0.2, 0) is 0 Å². The lowest BCUT2D eigenvalue weighted by atomic mass is 10.1. The van der Waals surface area contributed by atoms with Gasteiger partial charge in [-0.2, -0.15) is 5.26 Å². The lowest BCUT2D eigenvalue weighted by Gasteiger charge is -2.21. The molecule has 18 heavy (non-hydrogen) atoms. The van der Waals surface area contributed by atoms with Gasteiger partial charge in [0.2, 0.25) is 0 Å². The van der Waals surface area contributed by atoms with Crippen molar-refractivity contribution in [1.29, 1.82) is 5.26 Å². The molecule has 5 nitrogen and oxygen atoms in total. The summed E-state index contributed by atoms with van der Waals surface area (Å²) in [4.78, 5) is 18.9. The summed E-state index contributed by atoms with van der Waals surface area (Å²) in [5.74, 6) is 0.623. The summed E-state index contributed by atoms with van der Waals surface area (Å²) >= 11 is 0. The van der Waals surface area contributed by atoms with Crippen LogP contribution in [0.25, 0.3) is 0 Å². The number of aromatic amines is 1. The Labute approximate surface area is 107 Å². The van der Waals surface area contributed by atoms with Crippen LogP contribution in [-0.4, -0.2) is 16.0 Å². The van der Waals surface area contributed by atoms with Gasteiger partial charge in [-0.15, -0.1) is 0 Å². The van der Waals surface area contributed by atoms with Crippen LogP contribution in [0.5, 0.6) is 0 Å². The number of nitrogens with one attached hydrogen (secondary N) is 2. The highest BCUT2D eigenvalue weighted by atomic mass is 16.1. The molecular formula is C13H20N4O. The summed E-state index contributed by atoms with van der Waals surface area (Å²) in [5.41, 5.74) is 1.28. The second-order valence-corrected chi connectivity index (χ2v) is 4.51. The minimum absolute atomic E-state index is 0.102. The first kappa shape index (κ1) is 14.4. The molecule has 1 rings (SSSR count). The van der Waals surface area contributed by atoms with Crippen molar-refractivity contribution < 1.29 is 0 Å². The van der Waals surface area contributed by atoms with E-state index >= 15 is 0 Å². The average Bonchev–Trinajstić information content (AvgIpc) is 2.26. The fourth-order valence-electron chi connectivity index (χ4n) is 2.11. The van der Waals surface area contributed by atoms with Crippen molar-refractivity contribution in [3.63, 3.8) is 0 Å². The maximum atomic E-state index is 11.9. The summed E-state index contributed by atoms with van der Waals surface area (Å²) in [6, 6.07) is 2.14. The molecule has 2 unspecified atom stereocenters. The SMILES string of the molecule is CCC(CC#N)NC(C)c1c(C)nc(C)[nH]c1=O. The standard InChI is InChI=1S/C13H20N4O/c1-5-11(6-7-14)16-9(3)12-8(2)15-10(4)17-13(12)18/h9,11,16H,5-6H2,1-4H3,(H,15,17,18). The van der Waals surface area contributed by atoms with Crippen molar-refractivity contribution in [3.8, 4) is 6.07 Å². The predicted octanol–water partition coefficient (Wildman–Crippen LogP) is 1.73. The molecule has 0 fully saturated rings. The van der Waals surface area contributed by atoms with Crippen molar-refractivity contribution in [2.24, 2.45) is 0 Å². The molecular weight excluding hydrogens is 228 g/mol. The first-order chi connectivity index (χ1) is 8.49. The molecule has 0 aliphatic carbocycles. The van der Waals surface area contributed by atoms with Gasteiger partial charge in [-0.05, 0) is 27.2 Å². The molecule has 0 aromatic carbocycles. The maximum Gasteiger partial charge on any atom is 0.255 e. The van der Waals surface area contributed by atoms with Crippen molar-refractivity contribution >= 4 is 0 Å². The van der Waals surface area contributed by atoms with Crippen LogP contribution in [0, 0.1) is 25.2 Å². The molecule has 0 amide bonds. The number of hydrogen-bond acceptors (Lipinski definition) is 4. The molecule has 2 N–H and O–H groups in total. The van der Waals surface area contributed by atoms with Gasteiger partial charge in [-0.1, -0.05) is 6.92 Å². The Bertz CT molecular complexity index is 501. The summed E-state index contributed by atoms with van der Waals surface area (Å²) in [7, 11) is 0. The van der Waals surface area contributed by atoms with Gasteiger partial charge in [0.15, 0.2) is 0 Å². The van der Waals surface area contributed by atoms with Gasteiger partial charge < -0.3 is 10.3 Å².